The van der Waals surface area contributed by atoms with Gasteiger partial charge in [-0.2, -0.15) is 0 Å². The molecule has 0 fully saturated rings. The molecule has 11 heavy (non-hydrogen) atoms. The van der Waals surface area contributed by atoms with Crippen LogP contribution in [0.3, 0.4) is 0 Å². The highest BCUT2D eigenvalue weighted by atomic mass is 14.1. The molecule has 0 aromatic heterocycles. The van der Waals surface area contributed by atoms with E-state index in [9.17, 15) is 0 Å². The van der Waals surface area contributed by atoms with Crippen molar-refractivity contribution in [2.75, 3.05) is 0 Å². The lowest BCUT2D eigenvalue weighted by Gasteiger charge is -2.12. The minimum atomic E-state index is 0.804. The summed E-state index contributed by atoms with van der Waals surface area (Å²) in [6.45, 7) is 8.95. The molecule has 0 amide bonds. The first-order valence-corrected chi connectivity index (χ1v) is 4.64. The summed E-state index contributed by atoms with van der Waals surface area (Å²) in [7, 11) is 0. The minimum Gasteiger partial charge on any atom is -0.104 e. The van der Waals surface area contributed by atoms with Gasteiger partial charge in [-0.15, -0.1) is 11.8 Å². The van der Waals surface area contributed by atoms with Crippen LogP contribution in [0.25, 0.3) is 0 Å². The van der Waals surface area contributed by atoms with E-state index in [1.807, 2.05) is 0 Å². The normalized spacial score (nSPS) is 12.5. The van der Waals surface area contributed by atoms with Crippen molar-refractivity contribution in [3.63, 3.8) is 0 Å². The second kappa shape index (κ2) is 6.28. The van der Waals surface area contributed by atoms with Gasteiger partial charge in [-0.05, 0) is 18.3 Å². The lowest BCUT2D eigenvalue weighted by molar-refractivity contribution is 0.397. The van der Waals surface area contributed by atoms with Crippen molar-refractivity contribution in [1.82, 2.24) is 0 Å². The quantitative estimate of drug-likeness (QED) is 0.543. The Hall–Kier alpha value is -0.440. The third-order valence-corrected chi connectivity index (χ3v) is 2.16. The predicted octanol–water partition coefficient (Wildman–Crippen LogP) is 3.47. The average Bonchev–Trinajstić information content (AvgIpc) is 1.97. The van der Waals surface area contributed by atoms with Gasteiger partial charge in [-0.1, -0.05) is 27.7 Å². The zero-order chi connectivity index (χ0) is 8.69. The summed E-state index contributed by atoms with van der Waals surface area (Å²) in [5.74, 6) is 7.89. The highest BCUT2D eigenvalue weighted by Gasteiger charge is 2.04. The third kappa shape index (κ3) is 5.98. The molecule has 0 aliphatic rings. The molecule has 0 radical (unpaired) electrons. The van der Waals surface area contributed by atoms with Gasteiger partial charge in [0.1, 0.15) is 0 Å². The van der Waals surface area contributed by atoms with Crippen molar-refractivity contribution in [3.05, 3.63) is 0 Å². The largest absolute Gasteiger partial charge is 0.104 e. The molecule has 0 nitrogen and oxygen atoms in total. The van der Waals surface area contributed by atoms with E-state index >= 15 is 0 Å². The summed E-state index contributed by atoms with van der Waals surface area (Å²) in [6, 6.07) is 0. The monoisotopic (exact) mass is 152 g/mol. The van der Waals surface area contributed by atoms with Gasteiger partial charge >= 0.3 is 0 Å². The SMILES string of the molecule is CCC#CCCC(C)C(C)C. The Balaban J connectivity index is 3.38. The summed E-state index contributed by atoms with van der Waals surface area (Å²) in [5.41, 5.74) is 0. The van der Waals surface area contributed by atoms with Crippen LogP contribution in [0.15, 0.2) is 0 Å². The van der Waals surface area contributed by atoms with Crippen LogP contribution in [0.1, 0.15) is 47.0 Å². The molecule has 64 valence electrons. The zero-order valence-corrected chi connectivity index (χ0v) is 8.28. The molecule has 0 bridgehead atoms. The first kappa shape index (κ1) is 10.6. The van der Waals surface area contributed by atoms with Crippen LogP contribution in [0.5, 0.6) is 0 Å². The van der Waals surface area contributed by atoms with Crippen molar-refractivity contribution in [2.45, 2.75) is 47.0 Å². The molecule has 1 unspecified atom stereocenters. The maximum atomic E-state index is 3.17. The number of rotatable bonds is 3. The van der Waals surface area contributed by atoms with Crippen molar-refractivity contribution >= 4 is 0 Å². The van der Waals surface area contributed by atoms with Crippen molar-refractivity contribution in [2.24, 2.45) is 11.8 Å². The molecule has 0 aliphatic heterocycles. The standard InChI is InChI=1S/C11H20/c1-5-6-7-8-9-11(4)10(2)3/h10-11H,5,8-9H2,1-4H3. The Bertz CT molecular complexity index is 134. The van der Waals surface area contributed by atoms with Gasteiger partial charge < -0.3 is 0 Å². The fourth-order valence-electron chi connectivity index (χ4n) is 0.847. The molecule has 0 aliphatic carbocycles. The molecule has 1 atom stereocenters. The van der Waals surface area contributed by atoms with E-state index in [4.69, 9.17) is 0 Å². The zero-order valence-electron chi connectivity index (χ0n) is 8.28. The first-order valence-electron chi connectivity index (χ1n) is 4.64. The second-order valence-corrected chi connectivity index (χ2v) is 3.47. The van der Waals surface area contributed by atoms with Gasteiger partial charge in [-0.3, -0.25) is 0 Å². The number of hydrogen-bond acceptors (Lipinski definition) is 0. The maximum absolute atomic E-state index is 3.17. The van der Waals surface area contributed by atoms with Gasteiger partial charge in [0.05, 0.1) is 0 Å². The first-order chi connectivity index (χ1) is 5.18. The molecule has 0 N–H and O–H groups in total. The van der Waals surface area contributed by atoms with E-state index in [0.717, 1.165) is 24.7 Å². The summed E-state index contributed by atoms with van der Waals surface area (Å²) in [4.78, 5) is 0. The minimum absolute atomic E-state index is 0.804. The second-order valence-electron chi connectivity index (χ2n) is 3.47. The van der Waals surface area contributed by atoms with Crippen LogP contribution in [0, 0.1) is 23.7 Å². The summed E-state index contributed by atoms with van der Waals surface area (Å²) in [5, 5.41) is 0. The Morgan fingerprint density at radius 1 is 1.09 bits per heavy atom. The van der Waals surface area contributed by atoms with Crippen molar-refractivity contribution < 1.29 is 0 Å². The van der Waals surface area contributed by atoms with Gasteiger partial charge in [0.25, 0.3) is 0 Å². The highest BCUT2D eigenvalue weighted by molar-refractivity contribution is 4.97. The van der Waals surface area contributed by atoms with E-state index < -0.39 is 0 Å². The van der Waals surface area contributed by atoms with Gasteiger partial charge in [0, 0.05) is 12.8 Å². The van der Waals surface area contributed by atoms with E-state index in [1.165, 1.54) is 6.42 Å². The Morgan fingerprint density at radius 3 is 2.18 bits per heavy atom. The molecular weight excluding hydrogens is 132 g/mol. The molecule has 0 spiro atoms. The Kier molecular flexibility index (Phi) is 6.03. The van der Waals surface area contributed by atoms with Crippen LogP contribution < -0.4 is 0 Å². The third-order valence-electron chi connectivity index (χ3n) is 2.16. The van der Waals surface area contributed by atoms with Gasteiger partial charge in [-0.25, -0.2) is 0 Å². The topological polar surface area (TPSA) is 0 Å². The van der Waals surface area contributed by atoms with E-state index in [-0.39, 0.29) is 0 Å². The summed E-state index contributed by atoms with van der Waals surface area (Å²) >= 11 is 0. The maximum Gasteiger partial charge on any atom is 0.00913 e. The smallest absolute Gasteiger partial charge is 0.00913 e. The molecule has 0 rings (SSSR count). The number of hydrogen-bond donors (Lipinski definition) is 0. The van der Waals surface area contributed by atoms with Gasteiger partial charge in [0.2, 0.25) is 0 Å². The molecule has 0 saturated carbocycles. The van der Waals surface area contributed by atoms with Crippen LogP contribution in [-0.4, -0.2) is 0 Å². The van der Waals surface area contributed by atoms with Crippen LogP contribution in [0.2, 0.25) is 0 Å². The highest BCUT2D eigenvalue weighted by Crippen LogP contribution is 2.14. The van der Waals surface area contributed by atoms with E-state index in [1.54, 1.807) is 0 Å². The fourth-order valence-corrected chi connectivity index (χ4v) is 0.847. The van der Waals surface area contributed by atoms with Crippen LogP contribution >= 0.6 is 0 Å². The summed E-state index contributed by atoms with van der Waals surface area (Å²) < 4.78 is 0. The fraction of sp³-hybridized carbons (Fsp3) is 0.818. The lowest BCUT2D eigenvalue weighted by atomic mass is 9.93. The van der Waals surface area contributed by atoms with Crippen molar-refractivity contribution in [1.29, 1.82) is 0 Å². The Labute approximate surface area is 71.4 Å². The summed E-state index contributed by atoms with van der Waals surface area (Å²) in [6.07, 6.45) is 3.33. The van der Waals surface area contributed by atoms with Crippen molar-refractivity contribution in [3.8, 4) is 11.8 Å². The average molecular weight is 152 g/mol. The lowest BCUT2D eigenvalue weighted by Crippen LogP contribution is -2.02. The van der Waals surface area contributed by atoms with Gasteiger partial charge in [0.15, 0.2) is 0 Å². The molecule has 0 saturated heterocycles. The molecular formula is C11H20. The molecule has 0 heterocycles. The van der Waals surface area contributed by atoms with E-state index in [2.05, 4.69) is 39.5 Å². The molecule has 0 heteroatoms. The van der Waals surface area contributed by atoms with Crippen LogP contribution in [-0.2, 0) is 0 Å². The molecule has 0 aromatic rings. The van der Waals surface area contributed by atoms with Crippen LogP contribution in [0.4, 0.5) is 0 Å². The Morgan fingerprint density at radius 2 is 1.73 bits per heavy atom. The van der Waals surface area contributed by atoms with E-state index in [0.29, 0.717) is 0 Å². The predicted molar refractivity (Wildman–Crippen MR) is 51.3 cm³/mol. The molecule has 0 aromatic carbocycles.